The van der Waals surface area contributed by atoms with Gasteiger partial charge in [0.2, 0.25) is 0 Å². The van der Waals surface area contributed by atoms with Gasteiger partial charge in [0.25, 0.3) is 5.91 Å². The normalized spacial score (nSPS) is 19.9. The maximum Gasteiger partial charge on any atom is 0.354 e. The van der Waals surface area contributed by atoms with Gasteiger partial charge in [-0.25, -0.2) is 9.78 Å². The summed E-state index contributed by atoms with van der Waals surface area (Å²) in [5, 5.41) is 8.97. The summed E-state index contributed by atoms with van der Waals surface area (Å²) >= 11 is 0. The molecule has 23 heavy (non-hydrogen) atoms. The van der Waals surface area contributed by atoms with E-state index in [4.69, 9.17) is 9.84 Å². The fraction of sp³-hybridized carbons (Fsp3) is 0.588. The van der Waals surface area contributed by atoms with Gasteiger partial charge in [0.05, 0.1) is 12.2 Å². The summed E-state index contributed by atoms with van der Waals surface area (Å²) in [6.45, 7) is 1.27. The topological polar surface area (TPSA) is 79.7 Å². The molecule has 1 aliphatic heterocycles. The maximum absolute atomic E-state index is 12.5. The number of carbonyl (C=O) groups is 2. The third kappa shape index (κ3) is 3.88. The molecule has 1 aromatic heterocycles. The van der Waals surface area contributed by atoms with Crippen molar-refractivity contribution in [3.05, 3.63) is 29.6 Å². The highest BCUT2D eigenvalue weighted by Crippen LogP contribution is 2.25. The van der Waals surface area contributed by atoms with E-state index in [-0.39, 0.29) is 23.4 Å². The van der Waals surface area contributed by atoms with Crippen molar-refractivity contribution < 1.29 is 19.4 Å². The van der Waals surface area contributed by atoms with Crippen molar-refractivity contribution in [1.82, 2.24) is 9.88 Å². The number of amides is 1. The first-order valence-corrected chi connectivity index (χ1v) is 8.28. The minimum Gasteiger partial charge on any atom is -0.477 e. The van der Waals surface area contributed by atoms with Crippen LogP contribution in [0.25, 0.3) is 0 Å². The molecule has 6 nitrogen and oxygen atoms in total. The molecule has 0 spiro atoms. The fourth-order valence-corrected chi connectivity index (χ4v) is 3.33. The van der Waals surface area contributed by atoms with Crippen LogP contribution in [-0.4, -0.2) is 52.2 Å². The molecule has 2 fully saturated rings. The number of hydrogen-bond acceptors (Lipinski definition) is 4. The van der Waals surface area contributed by atoms with E-state index >= 15 is 0 Å². The highest BCUT2D eigenvalue weighted by Gasteiger charge is 2.27. The van der Waals surface area contributed by atoms with Crippen molar-refractivity contribution in [2.75, 3.05) is 13.1 Å². The van der Waals surface area contributed by atoms with Crippen molar-refractivity contribution in [3.8, 4) is 0 Å². The molecule has 1 saturated carbocycles. The second-order valence-corrected chi connectivity index (χ2v) is 6.25. The summed E-state index contributed by atoms with van der Waals surface area (Å²) < 4.78 is 6.11. The lowest BCUT2D eigenvalue weighted by molar-refractivity contribution is -0.0358. The number of hydrogen-bond donors (Lipinski definition) is 1. The molecular weight excluding hydrogens is 296 g/mol. The third-order valence-corrected chi connectivity index (χ3v) is 4.60. The highest BCUT2D eigenvalue weighted by molar-refractivity contribution is 5.94. The smallest absolute Gasteiger partial charge is 0.354 e. The van der Waals surface area contributed by atoms with Gasteiger partial charge in [-0.2, -0.15) is 0 Å². The Bertz CT molecular complexity index is 576. The number of rotatable bonds is 4. The molecule has 0 atom stereocenters. The molecule has 124 valence electrons. The Hall–Kier alpha value is -1.95. The van der Waals surface area contributed by atoms with Gasteiger partial charge in [-0.05, 0) is 37.8 Å². The lowest BCUT2D eigenvalue weighted by Crippen LogP contribution is -2.42. The minimum atomic E-state index is -1.12. The largest absolute Gasteiger partial charge is 0.477 e. The fourth-order valence-electron chi connectivity index (χ4n) is 3.33. The zero-order valence-electron chi connectivity index (χ0n) is 13.1. The summed E-state index contributed by atoms with van der Waals surface area (Å²) in [6, 6.07) is 4.51. The molecule has 6 heteroatoms. The number of aromatic nitrogens is 1. The molecule has 1 amide bonds. The molecular formula is C17H22N2O4. The summed E-state index contributed by atoms with van der Waals surface area (Å²) in [5.74, 6) is -1.32. The molecule has 0 aromatic carbocycles. The van der Waals surface area contributed by atoms with Crippen molar-refractivity contribution in [2.24, 2.45) is 0 Å². The van der Waals surface area contributed by atoms with E-state index in [1.807, 2.05) is 0 Å². The van der Waals surface area contributed by atoms with E-state index in [0.29, 0.717) is 19.2 Å². The Balaban J connectivity index is 1.55. The average molecular weight is 318 g/mol. The first-order chi connectivity index (χ1) is 11.1. The summed E-state index contributed by atoms with van der Waals surface area (Å²) in [5.41, 5.74) is 0.0929. The molecule has 3 rings (SSSR count). The van der Waals surface area contributed by atoms with Gasteiger partial charge in [-0.15, -0.1) is 0 Å². The maximum atomic E-state index is 12.5. The number of nitrogens with zero attached hydrogens (tertiary/aromatic N) is 2. The van der Waals surface area contributed by atoms with Crippen LogP contribution in [0.1, 0.15) is 59.5 Å². The van der Waals surface area contributed by atoms with E-state index < -0.39 is 5.97 Å². The van der Waals surface area contributed by atoms with Crippen LogP contribution < -0.4 is 0 Å². The molecule has 0 radical (unpaired) electrons. The number of carbonyl (C=O) groups excluding carboxylic acids is 1. The molecule has 2 aliphatic rings. The number of piperidine rings is 1. The lowest BCUT2D eigenvalue weighted by atomic mass is 10.1. The number of carboxylic acid groups (broad SMARTS) is 1. The summed E-state index contributed by atoms with van der Waals surface area (Å²) in [6.07, 6.45) is 7.13. The zero-order chi connectivity index (χ0) is 16.2. The van der Waals surface area contributed by atoms with Gasteiger partial charge >= 0.3 is 5.97 Å². The standard InChI is InChI=1S/C17H22N2O4/c20-16(14-6-3-7-15(18-14)17(21)22)19-10-8-13(9-11-19)23-12-4-1-2-5-12/h3,6-7,12-13H,1-2,4-5,8-11H2,(H,21,22). The predicted molar refractivity (Wildman–Crippen MR) is 83.5 cm³/mol. The van der Waals surface area contributed by atoms with E-state index in [1.165, 1.54) is 18.9 Å². The molecule has 0 bridgehead atoms. The van der Waals surface area contributed by atoms with Gasteiger partial charge in [0.1, 0.15) is 11.4 Å². The second kappa shape index (κ2) is 7.08. The van der Waals surface area contributed by atoms with E-state index in [1.54, 1.807) is 17.0 Å². The summed E-state index contributed by atoms with van der Waals surface area (Å²) in [7, 11) is 0. The molecule has 2 heterocycles. The van der Waals surface area contributed by atoms with Gasteiger partial charge in [0.15, 0.2) is 0 Å². The van der Waals surface area contributed by atoms with E-state index in [0.717, 1.165) is 25.7 Å². The van der Waals surface area contributed by atoms with Crippen LogP contribution in [0.4, 0.5) is 0 Å². The van der Waals surface area contributed by atoms with Crippen molar-refractivity contribution >= 4 is 11.9 Å². The zero-order valence-corrected chi connectivity index (χ0v) is 13.1. The Kier molecular flexibility index (Phi) is 4.91. The number of carboxylic acids is 1. The van der Waals surface area contributed by atoms with E-state index in [2.05, 4.69) is 4.98 Å². The Labute approximate surface area is 135 Å². The monoisotopic (exact) mass is 318 g/mol. The molecule has 1 aliphatic carbocycles. The average Bonchev–Trinajstić information content (AvgIpc) is 3.08. The highest BCUT2D eigenvalue weighted by atomic mass is 16.5. The van der Waals surface area contributed by atoms with Crippen LogP contribution in [0.15, 0.2) is 18.2 Å². The third-order valence-electron chi connectivity index (χ3n) is 4.60. The number of likely N-dealkylation sites (tertiary alicyclic amines) is 1. The quantitative estimate of drug-likeness (QED) is 0.921. The molecule has 1 aromatic rings. The SMILES string of the molecule is O=C(O)c1cccc(C(=O)N2CCC(OC3CCCC3)CC2)n1. The van der Waals surface area contributed by atoms with Gasteiger partial charge in [-0.3, -0.25) is 4.79 Å². The van der Waals surface area contributed by atoms with Crippen molar-refractivity contribution in [3.63, 3.8) is 0 Å². The Morgan fingerprint density at radius 2 is 1.65 bits per heavy atom. The minimum absolute atomic E-state index is 0.102. The lowest BCUT2D eigenvalue weighted by Gasteiger charge is -2.33. The van der Waals surface area contributed by atoms with Gasteiger partial charge in [-0.1, -0.05) is 18.9 Å². The first-order valence-electron chi connectivity index (χ1n) is 8.28. The van der Waals surface area contributed by atoms with Crippen molar-refractivity contribution in [2.45, 2.75) is 50.7 Å². The second-order valence-electron chi connectivity index (χ2n) is 6.25. The molecule has 0 unspecified atom stereocenters. The number of pyridine rings is 1. The van der Waals surface area contributed by atoms with Crippen LogP contribution in [-0.2, 0) is 4.74 Å². The van der Waals surface area contributed by atoms with Crippen LogP contribution in [0.5, 0.6) is 0 Å². The first kappa shape index (κ1) is 15.9. The Morgan fingerprint density at radius 3 is 2.30 bits per heavy atom. The van der Waals surface area contributed by atoms with Crippen LogP contribution in [0, 0.1) is 0 Å². The van der Waals surface area contributed by atoms with Gasteiger partial charge < -0.3 is 14.7 Å². The predicted octanol–water partition coefficient (Wildman–Crippen LogP) is 2.34. The van der Waals surface area contributed by atoms with Crippen LogP contribution in [0.3, 0.4) is 0 Å². The van der Waals surface area contributed by atoms with Crippen molar-refractivity contribution in [1.29, 1.82) is 0 Å². The van der Waals surface area contributed by atoms with E-state index in [9.17, 15) is 9.59 Å². The number of ether oxygens (including phenoxy) is 1. The van der Waals surface area contributed by atoms with Crippen LogP contribution in [0.2, 0.25) is 0 Å². The summed E-state index contributed by atoms with van der Waals surface area (Å²) in [4.78, 5) is 29.1. The van der Waals surface area contributed by atoms with Gasteiger partial charge in [0, 0.05) is 13.1 Å². The Morgan fingerprint density at radius 1 is 1.04 bits per heavy atom. The number of aromatic carboxylic acids is 1. The van der Waals surface area contributed by atoms with Crippen LogP contribution >= 0.6 is 0 Å². The molecule has 1 saturated heterocycles. The molecule has 1 N–H and O–H groups in total.